The van der Waals surface area contributed by atoms with Gasteiger partial charge in [-0.1, -0.05) is 45.1 Å². The third kappa shape index (κ3) is 13.5. The molecule has 0 atom stereocenters. The Morgan fingerprint density at radius 3 is 2.47 bits per heavy atom. The number of aliphatic hydroxyl groups excluding tert-OH is 1. The molecular formula is C13H27NO. The van der Waals surface area contributed by atoms with E-state index in [9.17, 15) is 0 Å². The smallest absolute Gasteiger partial charge is 0.0447 e. The van der Waals surface area contributed by atoms with Gasteiger partial charge >= 0.3 is 0 Å². The minimum Gasteiger partial charge on any atom is -0.396 e. The van der Waals surface area contributed by atoms with Crippen LogP contribution in [-0.2, 0) is 0 Å². The van der Waals surface area contributed by atoms with Crippen LogP contribution >= 0.6 is 0 Å². The molecule has 0 spiro atoms. The molecule has 0 rings (SSSR count). The standard InChI is InChI=1S/C13H27NO/c1-2-3-4-5-6-7-8-9-11-14-12-10-13-15/h9,11,14-15H,2-8,10,12-13H2,1H3. The molecule has 15 heavy (non-hydrogen) atoms. The molecule has 0 amide bonds. The highest BCUT2D eigenvalue weighted by Crippen LogP contribution is 2.06. The van der Waals surface area contributed by atoms with Crippen LogP contribution in [0, 0.1) is 0 Å². The molecule has 0 heterocycles. The van der Waals surface area contributed by atoms with E-state index in [4.69, 9.17) is 5.11 Å². The maximum absolute atomic E-state index is 8.55. The van der Waals surface area contributed by atoms with Crippen molar-refractivity contribution >= 4 is 0 Å². The Labute approximate surface area is 94.8 Å². The molecule has 0 radical (unpaired) electrons. The van der Waals surface area contributed by atoms with Crippen LogP contribution < -0.4 is 5.32 Å². The van der Waals surface area contributed by atoms with Gasteiger partial charge in [0.15, 0.2) is 0 Å². The molecule has 0 aromatic carbocycles. The summed E-state index contributed by atoms with van der Waals surface area (Å²) in [4.78, 5) is 0. The van der Waals surface area contributed by atoms with Crippen LogP contribution in [0.25, 0.3) is 0 Å². The molecule has 0 bridgehead atoms. The third-order valence-corrected chi connectivity index (χ3v) is 2.44. The molecule has 0 aliphatic carbocycles. The van der Waals surface area contributed by atoms with Crippen molar-refractivity contribution in [2.75, 3.05) is 13.2 Å². The van der Waals surface area contributed by atoms with Crippen LogP contribution in [-0.4, -0.2) is 18.3 Å². The number of hydrogen-bond donors (Lipinski definition) is 2. The van der Waals surface area contributed by atoms with E-state index in [1.54, 1.807) is 0 Å². The number of allylic oxidation sites excluding steroid dienone is 1. The SMILES string of the molecule is CCCCCCCCC=CNCCCO. The van der Waals surface area contributed by atoms with Gasteiger partial charge in [0.25, 0.3) is 0 Å². The summed E-state index contributed by atoms with van der Waals surface area (Å²) in [6.45, 7) is 3.41. The van der Waals surface area contributed by atoms with Crippen LogP contribution in [0.15, 0.2) is 12.3 Å². The lowest BCUT2D eigenvalue weighted by atomic mass is 10.1. The summed E-state index contributed by atoms with van der Waals surface area (Å²) in [6, 6.07) is 0. The molecular weight excluding hydrogens is 186 g/mol. The zero-order valence-corrected chi connectivity index (χ0v) is 10.2. The van der Waals surface area contributed by atoms with E-state index in [0.29, 0.717) is 0 Å². The van der Waals surface area contributed by atoms with E-state index in [1.807, 2.05) is 6.20 Å². The Balaban J connectivity index is 2.96. The van der Waals surface area contributed by atoms with Crippen molar-refractivity contribution in [3.8, 4) is 0 Å². The Morgan fingerprint density at radius 2 is 1.73 bits per heavy atom. The lowest BCUT2D eigenvalue weighted by Crippen LogP contribution is -2.07. The summed E-state index contributed by atoms with van der Waals surface area (Å²) in [5, 5.41) is 11.7. The molecule has 0 fully saturated rings. The van der Waals surface area contributed by atoms with Gasteiger partial charge in [0.05, 0.1) is 0 Å². The number of rotatable bonds is 11. The zero-order valence-electron chi connectivity index (χ0n) is 10.2. The van der Waals surface area contributed by atoms with E-state index in [1.165, 1.54) is 44.9 Å². The van der Waals surface area contributed by atoms with E-state index in [-0.39, 0.29) is 6.61 Å². The van der Waals surface area contributed by atoms with Gasteiger partial charge in [-0.25, -0.2) is 0 Å². The summed E-state index contributed by atoms with van der Waals surface area (Å²) >= 11 is 0. The maximum atomic E-state index is 8.55. The summed E-state index contributed by atoms with van der Waals surface area (Å²) in [6.07, 6.45) is 14.4. The van der Waals surface area contributed by atoms with Gasteiger partial charge in [-0.05, 0) is 25.5 Å². The monoisotopic (exact) mass is 213 g/mol. The predicted octanol–water partition coefficient (Wildman–Crippen LogP) is 3.22. The fourth-order valence-corrected chi connectivity index (χ4v) is 1.47. The summed E-state index contributed by atoms with van der Waals surface area (Å²) in [5.41, 5.74) is 0. The number of nitrogens with one attached hydrogen (secondary N) is 1. The zero-order chi connectivity index (χ0) is 11.2. The van der Waals surface area contributed by atoms with Crippen molar-refractivity contribution in [1.29, 1.82) is 0 Å². The van der Waals surface area contributed by atoms with Crippen molar-refractivity contribution in [2.24, 2.45) is 0 Å². The lowest BCUT2D eigenvalue weighted by Gasteiger charge is -1.99. The van der Waals surface area contributed by atoms with Gasteiger partial charge in [-0.2, -0.15) is 0 Å². The van der Waals surface area contributed by atoms with Gasteiger partial charge < -0.3 is 10.4 Å². The highest BCUT2D eigenvalue weighted by molar-refractivity contribution is 4.78. The molecule has 0 aromatic rings. The van der Waals surface area contributed by atoms with Crippen molar-refractivity contribution in [3.05, 3.63) is 12.3 Å². The second kappa shape index (κ2) is 13.5. The fraction of sp³-hybridized carbons (Fsp3) is 0.846. The second-order valence-electron chi connectivity index (χ2n) is 3.99. The van der Waals surface area contributed by atoms with E-state index in [2.05, 4.69) is 18.3 Å². The highest BCUT2D eigenvalue weighted by atomic mass is 16.3. The summed E-state index contributed by atoms with van der Waals surface area (Å²) in [7, 11) is 0. The third-order valence-electron chi connectivity index (χ3n) is 2.44. The first-order valence-electron chi connectivity index (χ1n) is 6.41. The number of unbranched alkanes of at least 4 members (excludes halogenated alkanes) is 6. The summed E-state index contributed by atoms with van der Waals surface area (Å²) in [5.74, 6) is 0. The van der Waals surface area contributed by atoms with Crippen molar-refractivity contribution in [3.63, 3.8) is 0 Å². The number of hydrogen-bond acceptors (Lipinski definition) is 2. The van der Waals surface area contributed by atoms with Crippen LogP contribution in [0.3, 0.4) is 0 Å². The first-order valence-corrected chi connectivity index (χ1v) is 6.41. The van der Waals surface area contributed by atoms with E-state index < -0.39 is 0 Å². The maximum Gasteiger partial charge on any atom is 0.0447 e. The van der Waals surface area contributed by atoms with Crippen LogP contribution in [0.5, 0.6) is 0 Å². The Kier molecular flexibility index (Phi) is 13.1. The first-order chi connectivity index (χ1) is 7.41. The second-order valence-corrected chi connectivity index (χ2v) is 3.99. The van der Waals surface area contributed by atoms with Crippen LogP contribution in [0.4, 0.5) is 0 Å². The lowest BCUT2D eigenvalue weighted by molar-refractivity contribution is 0.288. The average Bonchev–Trinajstić information content (AvgIpc) is 2.26. The minimum atomic E-state index is 0.276. The topological polar surface area (TPSA) is 32.3 Å². The molecule has 2 N–H and O–H groups in total. The van der Waals surface area contributed by atoms with Gasteiger partial charge in [0, 0.05) is 13.2 Å². The molecule has 0 aliphatic heterocycles. The van der Waals surface area contributed by atoms with Gasteiger partial charge in [0.1, 0.15) is 0 Å². The minimum absolute atomic E-state index is 0.276. The highest BCUT2D eigenvalue weighted by Gasteiger charge is 1.87. The van der Waals surface area contributed by atoms with Crippen molar-refractivity contribution < 1.29 is 5.11 Å². The molecule has 0 saturated carbocycles. The number of aliphatic hydroxyl groups is 1. The molecule has 0 aliphatic rings. The molecule has 0 unspecified atom stereocenters. The van der Waals surface area contributed by atoms with Gasteiger partial charge in [-0.15, -0.1) is 0 Å². The van der Waals surface area contributed by atoms with Crippen LogP contribution in [0.1, 0.15) is 58.3 Å². The molecule has 90 valence electrons. The molecule has 2 heteroatoms. The van der Waals surface area contributed by atoms with Crippen molar-refractivity contribution in [2.45, 2.75) is 58.3 Å². The summed E-state index contributed by atoms with van der Waals surface area (Å²) < 4.78 is 0. The van der Waals surface area contributed by atoms with Gasteiger partial charge in [0.2, 0.25) is 0 Å². The largest absolute Gasteiger partial charge is 0.396 e. The molecule has 2 nitrogen and oxygen atoms in total. The molecule has 0 saturated heterocycles. The first kappa shape index (κ1) is 14.5. The van der Waals surface area contributed by atoms with Crippen LogP contribution in [0.2, 0.25) is 0 Å². The Bertz CT molecular complexity index is 134. The van der Waals surface area contributed by atoms with E-state index in [0.717, 1.165) is 13.0 Å². The predicted molar refractivity (Wildman–Crippen MR) is 66.8 cm³/mol. The Morgan fingerprint density at radius 1 is 1.00 bits per heavy atom. The molecule has 0 aromatic heterocycles. The van der Waals surface area contributed by atoms with E-state index >= 15 is 0 Å². The average molecular weight is 213 g/mol. The fourth-order valence-electron chi connectivity index (χ4n) is 1.47. The normalized spacial score (nSPS) is 11.1. The Hall–Kier alpha value is -0.500. The van der Waals surface area contributed by atoms with Gasteiger partial charge in [-0.3, -0.25) is 0 Å². The van der Waals surface area contributed by atoms with Crippen molar-refractivity contribution in [1.82, 2.24) is 5.32 Å². The quantitative estimate of drug-likeness (QED) is 0.516.